The molecule has 6 nitrogen and oxygen atoms in total. The van der Waals surface area contributed by atoms with Gasteiger partial charge in [0.2, 0.25) is 0 Å². The van der Waals surface area contributed by atoms with E-state index in [0.717, 1.165) is 25.0 Å². The number of H-pyrrole nitrogens is 1. The zero-order valence-corrected chi connectivity index (χ0v) is 11.5. The van der Waals surface area contributed by atoms with Gasteiger partial charge in [-0.1, -0.05) is 13.8 Å². The van der Waals surface area contributed by atoms with Crippen LogP contribution in [-0.4, -0.2) is 45.3 Å². The molecule has 2 rings (SSSR count). The fourth-order valence-electron chi connectivity index (χ4n) is 2.36. The number of hydrogen-bond acceptors (Lipinski definition) is 4. The van der Waals surface area contributed by atoms with Gasteiger partial charge in [0.05, 0.1) is 18.0 Å². The Bertz CT molecular complexity index is 451. The van der Waals surface area contributed by atoms with Crippen LogP contribution in [0.2, 0.25) is 0 Å². The summed E-state index contributed by atoms with van der Waals surface area (Å²) in [4.78, 5) is 14.2. The van der Waals surface area contributed by atoms with E-state index in [2.05, 4.69) is 10.2 Å². The quantitative estimate of drug-likeness (QED) is 0.743. The van der Waals surface area contributed by atoms with Crippen molar-refractivity contribution in [2.45, 2.75) is 45.1 Å². The molecule has 4 N–H and O–H groups in total. The van der Waals surface area contributed by atoms with Crippen LogP contribution >= 0.6 is 0 Å². The number of carbonyl (C=O) groups is 1. The topological polar surface area (TPSA) is 95.2 Å². The minimum absolute atomic E-state index is 0.0381. The van der Waals surface area contributed by atoms with Gasteiger partial charge in [0, 0.05) is 12.6 Å². The van der Waals surface area contributed by atoms with Crippen LogP contribution in [0.15, 0.2) is 0 Å². The van der Waals surface area contributed by atoms with E-state index < -0.39 is 0 Å². The predicted octanol–water partition coefficient (Wildman–Crippen LogP) is 1.10. The first-order chi connectivity index (χ1) is 9.06. The highest BCUT2D eigenvalue weighted by Gasteiger charge is 2.31. The molecule has 6 heteroatoms. The summed E-state index contributed by atoms with van der Waals surface area (Å²) in [6.07, 6.45) is 3.12. The summed E-state index contributed by atoms with van der Waals surface area (Å²) in [6.45, 7) is 4.29. The van der Waals surface area contributed by atoms with Gasteiger partial charge in [-0.15, -0.1) is 0 Å². The minimum Gasteiger partial charge on any atom is -0.395 e. The summed E-state index contributed by atoms with van der Waals surface area (Å²) in [5, 5.41) is 16.0. The smallest absolute Gasteiger partial charge is 0.276 e. The number of aliphatic hydroxyl groups is 1. The van der Waals surface area contributed by atoms with Crippen LogP contribution in [0.1, 0.15) is 55.2 Å². The number of nitrogens with zero attached hydrogens (tertiary/aromatic N) is 2. The molecule has 106 valence electrons. The first kappa shape index (κ1) is 13.9. The normalized spacial score (nSPS) is 15.6. The molecule has 0 radical (unpaired) electrons. The van der Waals surface area contributed by atoms with E-state index in [4.69, 9.17) is 10.8 Å². The molecule has 0 aromatic carbocycles. The van der Waals surface area contributed by atoms with Gasteiger partial charge in [-0.2, -0.15) is 5.10 Å². The third-order valence-corrected chi connectivity index (χ3v) is 3.73. The molecule has 0 bridgehead atoms. The van der Waals surface area contributed by atoms with E-state index >= 15 is 0 Å². The fraction of sp³-hybridized carbons (Fsp3) is 0.692. The Hall–Kier alpha value is -1.56. The third kappa shape index (κ3) is 2.58. The largest absolute Gasteiger partial charge is 0.395 e. The molecule has 19 heavy (non-hydrogen) atoms. The Morgan fingerprint density at radius 3 is 2.68 bits per heavy atom. The zero-order chi connectivity index (χ0) is 14.0. The summed E-state index contributed by atoms with van der Waals surface area (Å²) in [5.74, 6) is 0.0171. The summed E-state index contributed by atoms with van der Waals surface area (Å²) >= 11 is 0. The Balaban J connectivity index is 2.21. The van der Waals surface area contributed by atoms with E-state index in [1.807, 2.05) is 13.8 Å². The number of rotatable bonds is 5. The molecule has 1 aliphatic carbocycles. The summed E-state index contributed by atoms with van der Waals surface area (Å²) in [6, 6.07) is 0.221. The maximum Gasteiger partial charge on any atom is 0.276 e. The number of aromatic nitrogens is 2. The van der Waals surface area contributed by atoms with Crippen molar-refractivity contribution in [3.05, 3.63) is 11.4 Å². The standard InChI is InChI=1S/C13H22N4O2/c1-8(2)11-10(14)12(16-15-11)13(19)17(6-7-18)9-4-3-5-9/h8-9,18H,3-7,14H2,1-2H3,(H,15,16). The van der Waals surface area contributed by atoms with Crippen LogP contribution in [-0.2, 0) is 0 Å². The van der Waals surface area contributed by atoms with Gasteiger partial charge in [0.25, 0.3) is 5.91 Å². The zero-order valence-electron chi connectivity index (χ0n) is 11.5. The minimum atomic E-state index is -0.181. The highest BCUT2D eigenvalue weighted by Crippen LogP contribution is 2.28. The number of hydrogen-bond donors (Lipinski definition) is 3. The van der Waals surface area contributed by atoms with Crippen molar-refractivity contribution in [2.75, 3.05) is 18.9 Å². The number of aromatic amines is 1. The van der Waals surface area contributed by atoms with Gasteiger partial charge >= 0.3 is 0 Å². The molecule has 0 saturated heterocycles. The van der Waals surface area contributed by atoms with Crippen LogP contribution < -0.4 is 5.73 Å². The summed E-state index contributed by atoms with van der Waals surface area (Å²) in [5.41, 5.74) is 7.50. The van der Waals surface area contributed by atoms with Gasteiger partial charge < -0.3 is 15.7 Å². The number of aliphatic hydroxyl groups excluding tert-OH is 1. The van der Waals surface area contributed by atoms with E-state index in [0.29, 0.717) is 12.2 Å². The predicted molar refractivity (Wildman–Crippen MR) is 72.9 cm³/mol. The molecule has 0 spiro atoms. The van der Waals surface area contributed by atoms with Crippen molar-refractivity contribution < 1.29 is 9.90 Å². The van der Waals surface area contributed by atoms with Crippen molar-refractivity contribution >= 4 is 11.6 Å². The molecule has 1 heterocycles. The van der Waals surface area contributed by atoms with Crippen LogP contribution in [0, 0.1) is 0 Å². The second-order valence-corrected chi connectivity index (χ2v) is 5.36. The van der Waals surface area contributed by atoms with Crippen molar-refractivity contribution in [2.24, 2.45) is 0 Å². The average Bonchev–Trinajstić information content (AvgIpc) is 2.67. The number of amides is 1. The molecule has 1 amide bonds. The Morgan fingerprint density at radius 2 is 2.26 bits per heavy atom. The van der Waals surface area contributed by atoms with Crippen LogP contribution in [0.25, 0.3) is 0 Å². The van der Waals surface area contributed by atoms with E-state index in [9.17, 15) is 4.79 Å². The molecular weight excluding hydrogens is 244 g/mol. The monoisotopic (exact) mass is 266 g/mol. The summed E-state index contributed by atoms with van der Waals surface area (Å²) < 4.78 is 0. The SMILES string of the molecule is CC(C)c1[nH]nc(C(=O)N(CCO)C2CCC2)c1N. The van der Waals surface area contributed by atoms with Gasteiger partial charge in [0.15, 0.2) is 5.69 Å². The van der Waals surface area contributed by atoms with E-state index in [1.54, 1.807) is 4.90 Å². The molecule has 1 aliphatic rings. The summed E-state index contributed by atoms with van der Waals surface area (Å²) in [7, 11) is 0. The lowest BCUT2D eigenvalue weighted by Gasteiger charge is -2.36. The molecule has 0 unspecified atom stereocenters. The lowest BCUT2D eigenvalue weighted by atomic mass is 9.91. The number of carbonyl (C=O) groups excluding carboxylic acids is 1. The maximum atomic E-state index is 12.5. The number of nitrogen functional groups attached to an aromatic ring is 1. The molecule has 1 aromatic rings. The van der Waals surface area contributed by atoms with Crippen molar-refractivity contribution in [3.63, 3.8) is 0 Å². The number of nitrogens with one attached hydrogen (secondary N) is 1. The number of anilines is 1. The van der Waals surface area contributed by atoms with Crippen LogP contribution in [0.3, 0.4) is 0 Å². The molecule has 0 atom stereocenters. The first-order valence-corrected chi connectivity index (χ1v) is 6.81. The van der Waals surface area contributed by atoms with Gasteiger partial charge in [-0.25, -0.2) is 0 Å². The molecule has 1 aromatic heterocycles. The molecule has 1 saturated carbocycles. The lowest BCUT2D eigenvalue weighted by molar-refractivity contribution is 0.0521. The average molecular weight is 266 g/mol. The maximum absolute atomic E-state index is 12.5. The molecular formula is C13H22N4O2. The Labute approximate surface area is 113 Å². The lowest BCUT2D eigenvalue weighted by Crippen LogP contribution is -2.46. The van der Waals surface area contributed by atoms with Crippen molar-refractivity contribution in [1.29, 1.82) is 0 Å². The van der Waals surface area contributed by atoms with Gasteiger partial charge in [-0.05, 0) is 25.2 Å². The van der Waals surface area contributed by atoms with E-state index in [-0.39, 0.29) is 30.2 Å². The first-order valence-electron chi connectivity index (χ1n) is 6.81. The van der Waals surface area contributed by atoms with Gasteiger partial charge in [0.1, 0.15) is 0 Å². The second-order valence-electron chi connectivity index (χ2n) is 5.36. The third-order valence-electron chi connectivity index (χ3n) is 3.73. The second kappa shape index (κ2) is 5.61. The van der Waals surface area contributed by atoms with Crippen molar-refractivity contribution in [3.8, 4) is 0 Å². The molecule has 1 fully saturated rings. The Kier molecular flexibility index (Phi) is 4.09. The highest BCUT2D eigenvalue weighted by atomic mass is 16.3. The Morgan fingerprint density at radius 1 is 1.58 bits per heavy atom. The number of nitrogens with two attached hydrogens (primary N) is 1. The highest BCUT2D eigenvalue weighted by molar-refractivity contribution is 5.98. The van der Waals surface area contributed by atoms with E-state index in [1.165, 1.54) is 0 Å². The van der Waals surface area contributed by atoms with Crippen molar-refractivity contribution in [1.82, 2.24) is 15.1 Å². The van der Waals surface area contributed by atoms with Gasteiger partial charge in [-0.3, -0.25) is 9.89 Å². The molecule has 0 aliphatic heterocycles. The fourth-order valence-corrected chi connectivity index (χ4v) is 2.36. The van der Waals surface area contributed by atoms with Crippen LogP contribution in [0.5, 0.6) is 0 Å². The van der Waals surface area contributed by atoms with Crippen LogP contribution in [0.4, 0.5) is 5.69 Å².